The monoisotopic (exact) mass is 1330 g/mol. The summed E-state index contributed by atoms with van der Waals surface area (Å²) in [7, 11) is -9.92. The van der Waals surface area contributed by atoms with E-state index in [0.29, 0.717) is 37.5 Å². The lowest BCUT2D eigenvalue weighted by atomic mass is 10.0. The molecule has 3 N–H and O–H groups in total. The molecule has 0 aromatic heterocycles. The Morgan fingerprint density at radius 3 is 0.890 bits per heavy atom. The minimum Gasteiger partial charge on any atom is -0.462 e. The second kappa shape index (κ2) is 62.4. The topological polar surface area (TPSA) is 237 Å². The lowest BCUT2D eigenvalue weighted by Crippen LogP contribution is -2.30. The first-order valence-electron chi connectivity index (χ1n) is 36.7. The van der Waals surface area contributed by atoms with Crippen molar-refractivity contribution < 1.29 is 80.2 Å². The summed E-state index contributed by atoms with van der Waals surface area (Å²) in [6.07, 6.45) is 49.5. The first-order valence-corrected chi connectivity index (χ1v) is 39.7. The van der Waals surface area contributed by atoms with Crippen LogP contribution in [0.1, 0.15) is 337 Å². The average Bonchev–Trinajstić information content (AvgIpc) is 3.64. The Morgan fingerprint density at radius 1 is 0.341 bits per heavy atom. The number of aliphatic hydroxyl groups excluding tert-OH is 1. The molecule has 0 amide bonds. The zero-order valence-corrected chi connectivity index (χ0v) is 60.6. The molecule has 0 rings (SSSR count). The number of rotatable bonds is 68. The predicted octanol–water partition coefficient (Wildman–Crippen LogP) is 20.2. The predicted molar refractivity (Wildman–Crippen MR) is 367 cm³/mol. The van der Waals surface area contributed by atoms with Crippen molar-refractivity contribution in [2.24, 2.45) is 17.8 Å². The number of phosphoric ester groups is 2. The molecule has 19 heteroatoms. The van der Waals surface area contributed by atoms with Gasteiger partial charge < -0.3 is 33.8 Å². The summed E-state index contributed by atoms with van der Waals surface area (Å²) >= 11 is 0. The summed E-state index contributed by atoms with van der Waals surface area (Å²) in [5, 5.41) is 10.6. The zero-order chi connectivity index (χ0) is 67.3. The lowest BCUT2D eigenvalue weighted by molar-refractivity contribution is -0.161. The van der Waals surface area contributed by atoms with Gasteiger partial charge in [-0.25, -0.2) is 9.13 Å². The van der Waals surface area contributed by atoms with Gasteiger partial charge in [-0.3, -0.25) is 37.3 Å². The maximum absolute atomic E-state index is 13.0. The number of phosphoric acid groups is 2. The first-order chi connectivity index (χ1) is 43.7. The van der Waals surface area contributed by atoms with Crippen molar-refractivity contribution in [3.05, 3.63) is 24.3 Å². The van der Waals surface area contributed by atoms with Crippen LogP contribution < -0.4 is 0 Å². The van der Waals surface area contributed by atoms with E-state index in [1.807, 2.05) is 0 Å². The van der Waals surface area contributed by atoms with Crippen molar-refractivity contribution in [1.82, 2.24) is 0 Å². The molecule has 0 aliphatic heterocycles. The number of hydrogen-bond donors (Lipinski definition) is 3. The molecule has 0 aliphatic rings. The first kappa shape index (κ1) is 88.5. The van der Waals surface area contributed by atoms with E-state index >= 15 is 0 Å². The molecule has 0 spiro atoms. The molecule has 0 aliphatic carbocycles. The summed E-state index contributed by atoms with van der Waals surface area (Å²) in [6, 6.07) is 0. The SMILES string of the molecule is CCCCCC/C=C\C=C/CCCCCCCC(=O)O[C@H](COC(=O)CCCCCCCCCC(C)C)COP(=O)(O)OCC(O)COP(=O)(O)OC[C@@H](COC(=O)CCCCCCCCCCCCCCC(C)C)OC(=O)CCCCCCCCCCC(C)C. The number of carbonyl (C=O) groups is 4. The fourth-order valence-corrected chi connectivity index (χ4v) is 11.9. The molecule has 0 bridgehead atoms. The number of ether oxygens (including phenoxy) is 4. The van der Waals surface area contributed by atoms with E-state index < -0.39 is 97.5 Å². The third-order valence-electron chi connectivity index (χ3n) is 16.0. The van der Waals surface area contributed by atoms with Gasteiger partial charge in [-0.1, -0.05) is 285 Å². The van der Waals surface area contributed by atoms with Crippen molar-refractivity contribution in [3.8, 4) is 0 Å². The fourth-order valence-electron chi connectivity index (χ4n) is 10.4. The van der Waals surface area contributed by atoms with Gasteiger partial charge in [-0.05, 0) is 69.1 Å². The highest BCUT2D eigenvalue weighted by Crippen LogP contribution is 2.45. The Hall–Kier alpha value is -2.46. The van der Waals surface area contributed by atoms with Gasteiger partial charge in [0.25, 0.3) is 0 Å². The number of esters is 4. The van der Waals surface area contributed by atoms with Gasteiger partial charge in [0.2, 0.25) is 0 Å². The smallest absolute Gasteiger partial charge is 0.462 e. The summed E-state index contributed by atoms with van der Waals surface area (Å²) in [6.45, 7) is 11.7. The van der Waals surface area contributed by atoms with Crippen molar-refractivity contribution in [2.45, 2.75) is 356 Å². The van der Waals surface area contributed by atoms with Crippen LogP contribution in [0.3, 0.4) is 0 Å². The molecule has 0 saturated heterocycles. The molecule has 0 heterocycles. The molecular formula is C72H136O17P2. The summed E-state index contributed by atoms with van der Waals surface area (Å²) in [4.78, 5) is 72.6. The van der Waals surface area contributed by atoms with Gasteiger partial charge in [0, 0.05) is 25.7 Å². The largest absolute Gasteiger partial charge is 0.472 e. The highest BCUT2D eigenvalue weighted by atomic mass is 31.2. The molecule has 5 atom stereocenters. The maximum atomic E-state index is 13.0. The van der Waals surface area contributed by atoms with Crippen molar-refractivity contribution in [1.29, 1.82) is 0 Å². The van der Waals surface area contributed by atoms with Gasteiger partial charge in [-0.2, -0.15) is 0 Å². The van der Waals surface area contributed by atoms with Crippen molar-refractivity contribution in [3.63, 3.8) is 0 Å². The van der Waals surface area contributed by atoms with Crippen LogP contribution >= 0.6 is 15.6 Å². The van der Waals surface area contributed by atoms with Crippen LogP contribution in [0.5, 0.6) is 0 Å². The maximum Gasteiger partial charge on any atom is 0.472 e. The molecule has 0 aromatic rings. The minimum atomic E-state index is -4.96. The van der Waals surface area contributed by atoms with Gasteiger partial charge in [0.05, 0.1) is 26.4 Å². The molecule has 0 saturated carbocycles. The average molecular weight is 1340 g/mol. The van der Waals surface area contributed by atoms with Gasteiger partial charge in [0.15, 0.2) is 12.2 Å². The van der Waals surface area contributed by atoms with Gasteiger partial charge in [-0.15, -0.1) is 0 Å². The van der Waals surface area contributed by atoms with Crippen LogP contribution in [0.25, 0.3) is 0 Å². The van der Waals surface area contributed by atoms with E-state index in [4.69, 9.17) is 37.0 Å². The molecule has 17 nitrogen and oxygen atoms in total. The second-order valence-electron chi connectivity index (χ2n) is 26.7. The fraction of sp³-hybridized carbons (Fsp3) is 0.889. The van der Waals surface area contributed by atoms with Crippen LogP contribution in [-0.2, 0) is 65.4 Å². The Labute approximate surface area is 554 Å². The Kier molecular flexibility index (Phi) is 60.7. The van der Waals surface area contributed by atoms with E-state index in [2.05, 4.69) is 72.8 Å². The molecule has 0 aromatic carbocycles. The summed E-state index contributed by atoms with van der Waals surface area (Å²) in [5.74, 6) is 0.0420. The summed E-state index contributed by atoms with van der Waals surface area (Å²) < 4.78 is 68.3. The highest BCUT2D eigenvalue weighted by molar-refractivity contribution is 7.47. The molecule has 0 radical (unpaired) electrons. The summed E-state index contributed by atoms with van der Waals surface area (Å²) in [5.41, 5.74) is 0. The Balaban J connectivity index is 5.27. The minimum absolute atomic E-state index is 0.0838. The number of hydrogen-bond acceptors (Lipinski definition) is 15. The quantitative estimate of drug-likeness (QED) is 0.0169. The van der Waals surface area contributed by atoms with E-state index in [-0.39, 0.29) is 25.7 Å². The number of aliphatic hydroxyl groups is 1. The Bertz CT molecular complexity index is 1880. The van der Waals surface area contributed by atoms with E-state index in [9.17, 15) is 43.2 Å². The van der Waals surface area contributed by atoms with Crippen molar-refractivity contribution in [2.75, 3.05) is 39.6 Å². The normalized spacial score (nSPS) is 14.3. The van der Waals surface area contributed by atoms with Crippen LogP contribution in [0.2, 0.25) is 0 Å². The van der Waals surface area contributed by atoms with Crippen LogP contribution in [0, 0.1) is 17.8 Å². The molecule has 3 unspecified atom stereocenters. The van der Waals surface area contributed by atoms with E-state index in [0.717, 1.165) is 115 Å². The number of unbranched alkanes of at least 4 members (excludes halogenated alkanes) is 33. The van der Waals surface area contributed by atoms with Crippen molar-refractivity contribution >= 4 is 39.5 Å². The molecule has 0 fully saturated rings. The van der Waals surface area contributed by atoms with E-state index in [1.54, 1.807) is 0 Å². The Morgan fingerprint density at radius 2 is 0.593 bits per heavy atom. The van der Waals surface area contributed by atoms with Crippen LogP contribution in [-0.4, -0.2) is 96.7 Å². The zero-order valence-electron chi connectivity index (χ0n) is 58.8. The van der Waals surface area contributed by atoms with Gasteiger partial charge >= 0.3 is 39.5 Å². The third kappa shape index (κ3) is 66.0. The van der Waals surface area contributed by atoms with Crippen LogP contribution in [0.4, 0.5) is 0 Å². The third-order valence-corrected chi connectivity index (χ3v) is 17.9. The number of allylic oxidation sites excluding steroid dienone is 4. The molecule has 91 heavy (non-hydrogen) atoms. The standard InChI is InChI=1S/C72H136O17P2/c1-8-9-10-11-12-13-14-15-16-17-22-25-33-41-48-55-71(76)88-68(60-83-70(75)54-47-40-35-28-31-38-45-52-65(6)7)62-87-91(80,81)85-58-66(73)57-84-90(78,79)86-61-67(89-72(77)56-49-42-34-27-26-30-37-44-51-64(4)5)59-82-69(74)53-46-39-32-24-21-19-18-20-23-29-36-43-50-63(2)3/h13-16,63-68,73H,8-12,17-62H2,1-7H3,(H,78,79)(H,80,81)/b14-13-,16-15-/t66?,67-,68-/m1/s1. The molecule has 536 valence electrons. The lowest BCUT2D eigenvalue weighted by Gasteiger charge is -2.21. The molecular weight excluding hydrogens is 1200 g/mol. The highest BCUT2D eigenvalue weighted by Gasteiger charge is 2.30. The van der Waals surface area contributed by atoms with E-state index in [1.165, 1.54) is 128 Å². The van der Waals surface area contributed by atoms with Gasteiger partial charge in [0.1, 0.15) is 19.3 Å². The second-order valence-corrected chi connectivity index (χ2v) is 29.6. The number of carbonyl (C=O) groups excluding carboxylic acids is 4. The van der Waals surface area contributed by atoms with Crippen LogP contribution in [0.15, 0.2) is 24.3 Å².